The Bertz CT molecular complexity index is 782. The second-order valence-electron chi connectivity index (χ2n) is 6.27. The van der Waals surface area contributed by atoms with Gasteiger partial charge in [0.05, 0.1) is 11.4 Å². The van der Waals surface area contributed by atoms with Gasteiger partial charge in [0.25, 0.3) is 0 Å². The quantitative estimate of drug-likeness (QED) is 0.390. The standard InChI is InChI=1S/C16H22FN3O5S2/c1-3-25-15(21)14(16(26-19-22)8-10-20(2)11-9-16)18-27(23,24)13-7-5-4-6-12(13)17/h4-7,14,18H,3,8-11H2,1-2H3. The Morgan fingerprint density at radius 1 is 1.41 bits per heavy atom. The van der Waals surface area contributed by atoms with E-state index in [1.165, 1.54) is 12.1 Å². The first kappa shape index (κ1) is 21.7. The predicted molar refractivity (Wildman–Crippen MR) is 100.0 cm³/mol. The lowest BCUT2D eigenvalue weighted by atomic mass is 9.88. The van der Waals surface area contributed by atoms with Crippen molar-refractivity contribution in [1.29, 1.82) is 0 Å². The smallest absolute Gasteiger partial charge is 0.325 e. The number of nitrogens with one attached hydrogen (secondary N) is 1. The molecule has 0 bridgehead atoms. The van der Waals surface area contributed by atoms with Crippen molar-refractivity contribution in [3.05, 3.63) is 35.0 Å². The zero-order valence-electron chi connectivity index (χ0n) is 15.1. The fraction of sp³-hybridized carbons (Fsp3) is 0.562. The molecule has 1 heterocycles. The van der Waals surface area contributed by atoms with E-state index in [0.29, 0.717) is 37.9 Å². The van der Waals surface area contributed by atoms with Crippen LogP contribution in [0.4, 0.5) is 4.39 Å². The summed E-state index contributed by atoms with van der Waals surface area (Å²) in [4.78, 5) is 25.0. The fourth-order valence-corrected chi connectivity index (χ4v) is 5.17. The maximum atomic E-state index is 14.0. The van der Waals surface area contributed by atoms with E-state index in [-0.39, 0.29) is 6.61 Å². The third-order valence-electron chi connectivity index (χ3n) is 4.50. The summed E-state index contributed by atoms with van der Waals surface area (Å²) in [5.74, 6) is -1.76. The molecule has 1 unspecified atom stereocenters. The van der Waals surface area contributed by atoms with Crippen LogP contribution in [0.15, 0.2) is 33.7 Å². The second-order valence-corrected chi connectivity index (χ2v) is 9.10. The summed E-state index contributed by atoms with van der Waals surface area (Å²) >= 11 is 0.625. The minimum absolute atomic E-state index is 0.0337. The first-order chi connectivity index (χ1) is 12.8. The van der Waals surface area contributed by atoms with E-state index in [2.05, 4.69) is 9.30 Å². The van der Waals surface area contributed by atoms with Gasteiger partial charge in [-0.25, -0.2) is 12.8 Å². The molecular formula is C16H22FN3O5S2. The summed E-state index contributed by atoms with van der Waals surface area (Å²) in [7, 11) is -2.49. The summed E-state index contributed by atoms with van der Waals surface area (Å²) in [6.07, 6.45) is 0.673. The van der Waals surface area contributed by atoms with Gasteiger partial charge in [-0.1, -0.05) is 12.1 Å². The van der Waals surface area contributed by atoms with E-state index >= 15 is 0 Å². The number of ether oxygens (including phenoxy) is 1. The SMILES string of the molecule is CCOC(=O)C(NS(=O)(=O)c1ccccc1F)C1(SN=O)CCN(C)CC1. The molecule has 1 aliphatic rings. The van der Waals surface area contributed by atoms with Crippen molar-refractivity contribution in [2.24, 2.45) is 4.58 Å². The molecule has 1 fully saturated rings. The van der Waals surface area contributed by atoms with Gasteiger partial charge in [-0.3, -0.25) is 4.79 Å². The van der Waals surface area contributed by atoms with Crippen LogP contribution in [0.2, 0.25) is 0 Å². The van der Waals surface area contributed by atoms with Crippen LogP contribution in [0.1, 0.15) is 19.8 Å². The molecule has 0 aromatic heterocycles. The largest absolute Gasteiger partial charge is 0.465 e. The van der Waals surface area contributed by atoms with Crippen molar-refractivity contribution in [2.75, 3.05) is 26.7 Å². The number of hydrogen-bond acceptors (Lipinski definition) is 8. The maximum Gasteiger partial charge on any atom is 0.325 e. The molecule has 1 atom stereocenters. The molecule has 1 aromatic carbocycles. The highest BCUT2D eigenvalue weighted by Gasteiger charge is 2.49. The predicted octanol–water partition coefficient (Wildman–Crippen LogP) is 1.91. The Kier molecular flexibility index (Phi) is 7.32. The van der Waals surface area contributed by atoms with Crippen LogP contribution in [0, 0.1) is 10.7 Å². The van der Waals surface area contributed by atoms with Gasteiger partial charge < -0.3 is 9.64 Å². The van der Waals surface area contributed by atoms with E-state index in [1.807, 2.05) is 11.9 Å². The molecule has 0 radical (unpaired) electrons. The van der Waals surface area contributed by atoms with Gasteiger partial charge in [-0.2, -0.15) is 4.72 Å². The van der Waals surface area contributed by atoms with Gasteiger partial charge >= 0.3 is 5.97 Å². The summed E-state index contributed by atoms with van der Waals surface area (Å²) in [5, 5.41) is 0. The van der Waals surface area contributed by atoms with Crippen molar-refractivity contribution in [3.63, 3.8) is 0 Å². The summed E-state index contributed by atoms with van der Waals surface area (Å²) in [5.41, 5.74) is 0. The Balaban J connectivity index is 2.43. The number of esters is 1. The van der Waals surface area contributed by atoms with Crippen molar-refractivity contribution in [3.8, 4) is 0 Å². The topological polar surface area (TPSA) is 105 Å². The summed E-state index contributed by atoms with van der Waals surface area (Å²) < 4.78 is 48.5. The number of likely N-dealkylation sites (tertiary alicyclic amines) is 1. The molecule has 1 aromatic rings. The molecule has 150 valence electrons. The first-order valence-corrected chi connectivity index (χ1v) is 10.6. The van der Waals surface area contributed by atoms with Crippen LogP contribution >= 0.6 is 11.9 Å². The number of sulfonamides is 1. The number of nitrogens with zero attached hydrogens (tertiary/aromatic N) is 2. The van der Waals surface area contributed by atoms with Crippen molar-refractivity contribution in [1.82, 2.24) is 9.62 Å². The van der Waals surface area contributed by atoms with Gasteiger partial charge in [0.2, 0.25) is 10.0 Å². The zero-order chi connectivity index (χ0) is 20.1. The molecule has 1 N–H and O–H groups in total. The third kappa shape index (κ3) is 5.03. The number of halogens is 1. The number of nitroso groups, excluding NO2 is 1. The zero-order valence-corrected chi connectivity index (χ0v) is 16.7. The lowest BCUT2D eigenvalue weighted by Crippen LogP contribution is -2.59. The first-order valence-electron chi connectivity index (χ1n) is 8.38. The average Bonchev–Trinajstić information content (AvgIpc) is 2.62. The molecule has 27 heavy (non-hydrogen) atoms. The molecule has 1 aliphatic heterocycles. The van der Waals surface area contributed by atoms with Crippen molar-refractivity contribution >= 4 is 27.9 Å². The highest BCUT2D eigenvalue weighted by Crippen LogP contribution is 2.40. The molecule has 11 heteroatoms. The Morgan fingerprint density at radius 2 is 2.04 bits per heavy atom. The van der Waals surface area contributed by atoms with Gasteiger partial charge in [-0.15, -0.1) is 4.91 Å². The number of benzene rings is 1. The monoisotopic (exact) mass is 419 g/mol. The highest BCUT2D eigenvalue weighted by molar-refractivity contribution is 7.99. The van der Waals surface area contributed by atoms with Crippen LogP contribution in [0.25, 0.3) is 0 Å². The normalized spacial score (nSPS) is 18.6. The highest BCUT2D eigenvalue weighted by atomic mass is 32.2. The van der Waals surface area contributed by atoms with E-state index in [9.17, 15) is 22.5 Å². The molecule has 0 spiro atoms. The van der Waals surface area contributed by atoms with E-state index in [0.717, 1.165) is 12.1 Å². The van der Waals surface area contributed by atoms with Gasteiger partial charge in [0, 0.05) is 16.5 Å². The molecule has 0 amide bonds. The number of carbonyl (C=O) groups excluding carboxylic acids is 1. The number of rotatable bonds is 8. The van der Waals surface area contributed by atoms with E-state index in [4.69, 9.17) is 4.74 Å². The molecule has 8 nitrogen and oxygen atoms in total. The molecule has 0 aliphatic carbocycles. The van der Waals surface area contributed by atoms with E-state index < -0.39 is 37.5 Å². The number of piperidine rings is 1. The summed E-state index contributed by atoms with van der Waals surface area (Å²) in [6.45, 7) is 2.71. The Hall–Kier alpha value is -1.56. The molecule has 0 saturated carbocycles. The fourth-order valence-electron chi connectivity index (χ4n) is 2.98. The van der Waals surface area contributed by atoms with Crippen LogP contribution in [-0.4, -0.2) is 56.8 Å². The molecule has 2 rings (SSSR count). The van der Waals surface area contributed by atoms with Gasteiger partial charge in [0.1, 0.15) is 16.8 Å². The van der Waals surface area contributed by atoms with Crippen LogP contribution in [0.5, 0.6) is 0 Å². The third-order valence-corrected chi connectivity index (χ3v) is 7.04. The summed E-state index contributed by atoms with van der Waals surface area (Å²) in [6, 6.07) is 3.48. The van der Waals surface area contributed by atoms with Crippen LogP contribution in [-0.2, 0) is 19.6 Å². The minimum Gasteiger partial charge on any atom is -0.465 e. The van der Waals surface area contributed by atoms with E-state index in [1.54, 1.807) is 6.92 Å². The lowest BCUT2D eigenvalue weighted by Gasteiger charge is -2.41. The molecule has 1 saturated heterocycles. The van der Waals surface area contributed by atoms with Gasteiger partial charge in [-0.05, 0) is 52.0 Å². The molecular weight excluding hydrogens is 397 g/mol. The lowest BCUT2D eigenvalue weighted by molar-refractivity contribution is -0.146. The Labute approximate surface area is 162 Å². The number of carbonyl (C=O) groups is 1. The van der Waals surface area contributed by atoms with Gasteiger partial charge in [0.15, 0.2) is 0 Å². The Morgan fingerprint density at radius 3 is 2.59 bits per heavy atom. The second kappa shape index (κ2) is 9.09. The average molecular weight is 420 g/mol. The maximum absolute atomic E-state index is 14.0. The minimum atomic E-state index is -4.37. The van der Waals surface area contributed by atoms with Crippen LogP contribution in [0.3, 0.4) is 0 Å². The van der Waals surface area contributed by atoms with Crippen molar-refractivity contribution in [2.45, 2.75) is 35.4 Å². The number of hydrogen-bond donors (Lipinski definition) is 1. The van der Waals surface area contributed by atoms with Crippen molar-refractivity contribution < 1.29 is 22.3 Å². The van der Waals surface area contributed by atoms with Crippen LogP contribution < -0.4 is 4.72 Å².